The molecule has 2 aromatic carbocycles. The van der Waals surface area contributed by atoms with Crippen molar-refractivity contribution >= 4 is 27.9 Å². The standard InChI is InChI=1S/C21H21N5O4S/c1-4-29-15-8-14(9-16(11-15)30-5-2)19(27)23-17-10-13(6-7-18(17)28-3)20-25-26-12-22-24-21(26)31-20/h6-12H,4-5H2,1-3H3,(H,23,27). The van der Waals surface area contributed by atoms with Gasteiger partial charge in [0.15, 0.2) is 0 Å². The summed E-state index contributed by atoms with van der Waals surface area (Å²) in [7, 11) is 1.55. The summed E-state index contributed by atoms with van der Waals surface area (Å²) in [6, 6.07) is 10.6. The Bertz CT molecular complexity index is 1170. The molecular formula is C21H21N5O4S. The third kappa shape index (κ3) is 4.43. The van der Waals surface area contributed by atoms with Gasteiger partial charge < -0.3 is 19.5 Å². The molecule has 0 aliphatic heterocycles. The molecule has 4 rings (SSSR count). The molecule has 0 radical (unpaired) electrons. The van der Waals surface area contributed by atoms with Crippen LogP contribution in [0.15, 0.2) is 42.7 Å². The highest BCUT2D eigenvalue weighted by Crippen LogP contribution is 2.33. The number of benzene rings is 2. The number of hydrogen-bond acceptors (Lipinski definition) is 8. The second kappa shape index (κ2) is 9.00. The Labute approximate surface area is 182 Å². The van der Waals surface area contributed by atoms with Crippen LogP contribution in [0.3, 0.4) is 0 Å². The molecule has 10 heteroatoms. The number of amides is 1. The molecule has 0 unspecified atom stereocenters. The van der Waals surface area contributed by atoms with Crippen molar-refractivity contribution in [3.63, 3.8) is 0 Å². The average Bonchev–Trinajstić information content (AvgIpc) is 3.36. The maximum absolute atomic E-state index is 13.0. The Morgan fingerprint density at radius 2 is 1.84 bits per heavy atom. The van der Waals surface area contributed by atoms with Gasteiger partial charge in [-0.1, -0.05) is 11.3 Å². The summed E-state index contributed by atoms with van der Waals surface area (Å²) in [6.45, 7) is 4.74. The van der Waals surface area contributed by atoms with E-state index in [0.29, 0.717) is 46.7 Å². The monoisotopic (exact) mass is 439 g/mol. The van der Waals surface area contributed by atoms with E-state index in [1.54, 1.807) is 42.2 Å². The fourth-order valence-corrected chi connectivity index (χ4v) is 3.83. The molecule has 2 heterocycles. The number of carbonyl (C=O) groups excluding carboxylic acids is 1. The van der Waals surface area contributed by atoms with E-state index in [-0.39, 0.29) is 5.91 Å². The SMILES string of the molecule is CCOc1cc(OCC)cc(C(=O)Nc2cc(-c3nn4cnnc4s3)ccc2OC)c1. The molecular weight excluding hydrogens is 418 g/mol. The maximum Gasteiger partial charge on any atom is 0.256 e. The zero-order chi connectivity index (χ0) is 21.8. The Morgan fingerprint density at radius 3 is 2.48 bits per heavy atom. The molecule has 9 nitrogen and oxygen atoms in total. The fraction of sp³-hybridized carbons (Fsp3) is 0.238. The van der Waals surface area contributed by atoms with Gasteiger partial charge in [-0.2, -0.15) is 9.61 Å². The highest BCUT2D eigenvalue weighted by atomic mass is 32.1. The summed E-state index contributed by atoms with van der Waals surface area (Å²) in [5.41, 5.74) is 1.76. The lowest BCUT2D eigenvalue weighted by molar-refractivity contribution is 0.102. The minimum Gasteiger partial charge on any atom is -0.495 e. The van der Waals surface area contributed by atoms with E-state index in [0.717, 1.165) is 10.6 Å². The van der Waals surface area contributed by atoms with Crippen molar-refractivity contribution in [2.75, 3.05) is 25.6 Å². The second-order valence-corrected chi connectivity index (χ2v) is 7.35. The van der Waals surface area contributed by atoms with Crippen LogP contribution in [-0.4, -0.2) is 46.0 Å². The van der Waals surface area contributed by atoms with Crippen LogP contribution >= 0.6 is 11.3 Å². The lowest BCUT2D eigenvalue weighted by Gasteiger charge is -2.13. The largest absolute Gasteiger partial charge is 0.495 e. The smallest absolute Gasteiger partial charge is 0.256 e. The van der Waals surface area contributed by atoms with Gasteiger partial charge in [0.05, 0.1) is 26.0 Å². The van der Waals surface area contributed by atoms with Crippen LogP contribution in [0.2, 0.25) is 0 Å². The predicted octanol–water partition coefficient (Wildman–Crippen LogP) is 3.91. The van der Waals surface area contributed by atoms with Crippen LogP contribution in [0.4, 0.5) is 5.69 Å². The number of ether oxygens (including phenoxy) is 3. The van der Waals surface area contributed by atoms with Gasteiger partial charge in [-0.3, -0.25) is 4.79 Å². The first-order chi connectivity index (χ1) is 15.1. The zero-order valence-electron chi connectivity index (χ0n) is 17.3. The van der Waals surface area contributed by atoms with Gasteiger partial charge in [0, 0.05) is 17.2 Å². The quantitative estimate of drug-likeness (QED) is 0.444. The van der Waals surface area contributed by atoms with Crippen LogP contribution in [-0.2, 0) is 0 Å². The molecule has 31 heavy (non-hydrogen) atoms. The molecule has 0 spiro atoms. The third-order valence-electron chi connectivity index (χ3n) is 4.35. The van der Waals surface area contributed by atoms with Gasteiger partial charge >= 0.3 is 0 Å². The van der Waals surface area contributed by atoms with E-state index in [1.807, 2.05) is 26.0 Å². The van der Waals surface area contributed by atoms with Crippen molar-refractivity contribution in [1.82, 2.24) is 19.8 Å². The molecule has 0 aliphatic carbocycles. The van der Waals surface area contributed by atoms with E-state index in [2.05, 4.69) is 20.6 Å². The summed E-state index contributed by atoms with van der Waals surface area (Å²) in [6.07, 6.45) is 1.54. The third-order valence-corrected chi connectivity index (χ3v) is 5.31. The number of fused-ring (bicyclic) bond motifs is 1. The van der Waals surface area contributed by atoms with Crippen LogP contribution in [0, 0.1) is 0 Å². The lowest BCUT2D eigenvalue weighted by Crippen LogP contribution is -2.13. The van der Waals surface area contributed by atoms with Gasteiger partial charge in [0.1, 0.15) is 28.6 Å². The first-order valence-corrected chi connectivity index (χ1v) is 10.5. The molecule has 0 atom stereocenters. The zero-order valence-corrected chi connectivity index (χ0v) is 18.1. The van der Waals surface area contributed by atoms with Gasteiger partial charge in [-0.05, 0) is 44.2 Å². The predicted molar refractivity (Wildman–Crippen MR) is 117 cm³/mol. The topological polar surface area (TPSA) is 99.9 Å². The van der Waals surface area contributed by atoms with Crippen LogP contribution < -0.4 is 19.5 Å². The lowest BCUT2D eigenvalue weighted by atomic mass is 10.1. The Morgan fingerprint density at radius 1 is 1.10 bits per heavy atom. The molecule has 1 N–H and O–H groups in total. The van der Waals surface area contributed by atoms with E-state index in [1.165, 1.54) is 11.3 Å². The van der Waals surface area contributed by atoms with E-state index >= 15 is 0 Å². The Kier molecular flexibility index (Phi) is 5.99. The number of rotatable bonds is 8. The number of carbonyl (C=O) groups is 1. The van der Waals surface area contributed by atoms with Crippen LogP contribution in [0.25, 0.3) is 15.5 Å². The van der Waals surface area contributed by atoms with Gasteiger partial charge in [0.25, 0.3) is 5.91 Å². The molecule has 4 aromatic rings. The van der Waals surface area contributed by atoms with Gasteiger partial charge in [-0.15, -0.1) is 10.2 Å². The van der Waals surface area contributed by atoms with Crippen molar-refractivity contribution in [2.24, 2.45) is 0 Å². The van der Waals surface area contributed by atoms with Crippen molar-refractivity contribution < 1.29 is 19.0 Å². The first kappa shape index (κ1) is 20.6. The number of anilines is 1. The summed E-state index contributed by atoms with van der Waals surface area (Å²) in [5.74, 6) is 1.36. The molecule has 2 aromatic heterocycles. The Hall–Kier alpha value is -3.66. The van der Waals surface area contributed by atoms with Gasteiger partial charge in [0.2, 0.25) is 4.96 Å². The number of methoxy groups -OCH3 is 1. The van der Waals surface area contributed by atoms with Crippen molar-refractivity contribution in [1.29, 1.82) is 0 Å². The van der Waals surface area contributed by atoms with Crippen molar-refractivity contribution in [2.45, 2.75) is 13.8 Å². The number of nitrogens with zero attached hydrogens (tertiary/aromatic N) is 4. The Balaban J connectivity index is 1.64. The van der Waals surface area contributed by atoms with Crippen LogP contribution in [0.1, 0.15) is 24.2 Å². The molecule has 1 amide bonds. The van der Waals surface area contributed by atoms with E-state index in [4.69, 9.17) is 14.2 Å². The summed E-state index contributed by atoms with van der Waals surface area (Å²) < 4.78 is 18.2. The molecule has 0 fully saturated rings. The number of hydrogen-bond donors (Lipinski definition) is 1. The molecule has 0 bridgehead atoms. The molecule has 0 saturated heterocycles. The van der Waals surface area contributed by atoms with Crippen molar-refractivity contribution in [3.05, 3.63) is 48.3 Å². The number of nitrogens with one attached hydrogen (secondary N) is 1. The highest BCUT2D eigenvalue weighted by Gasteiger charge is 2.16. The average molecular weight is 439 g/mol. The highest BCUT2D eigenvalue weighted by molar-refractivity contribution is 7.19. The summed E-state index contributed by atoms with van der Waals surface area (Å²) >= 11 is 1.40. The number of aromatic nitrogens is 4. The molecule has 160 valence electrons. The summed E-state index contributed by atoms with van der Waals surface area (Å²) in [4.78, 5) is 13.7. The van der Waals surface area contributed by atoms with Crippen LogP contribution in [0.5, 0.6) is 17.2 Å². The van der Waals surface area contributed by atoms with Gasteiger partial charge in [-0.25, -0.2) is 0 Å². The minimum atomic E-state index is -0.309. The van der Waals surface area contributed by atoms with Crippen molar-refractivity contribution in [3.8, 4) is 27.8 Å². The second-order valence-electron chi connectivity index (χ2n) is 6.39. The maximum atomic E-state index is 13.0. The minimum absolute atomic E-state index is 0.309. The van der Waals surface area contributed by atoms with E-state index in [9.17, 15) is 4.79 Å². The summed E-state index contributed by atoms with van der Waals surface area (Å²) in [5, 5.41) is 16.0. The van der Waals surface area contributed by atoms with E-state index < -0.39 is 0 Å². The normalized spacial score (nSPS) is 10.8. The fourth-order valence-electron chi connectivity index (χ4n) is 3.01. The molecule has 0 saturated carbocycles. The molecule has 0 aliphatic rings. The first-order valence-electron chi connectivity index (χ1n) is 9.68.